The molecule has 1 fully saturated rings. The molecule has 0 unspecified atom stereocenters. The Morgan fingerprint density at radius 3 is 2.40 bits per heavy atom. The molecule has 1 aromatic heterocycles. The van der Waals surface area contributed by atoms with Crippen molar-refractivity contribution < 1.29 is 4.79 Å². The van der Waals surface area contributed by atoms with Gasteiger partial charge >= 0.3 is 0 Å². The molecule has 0 bridgehead atoms. The van der Waals surface area contributed by atoms with Crippen molar-refractivity contribution >= 4 is 11.7 Å². The van der Waals surface area contributed by atoms with Crippen molar-refractivity contribution in [2.24, 2.45) is 0 Å². The zero-order chi connectivity index (χ0) is 13.9. The van der Waals surface area contributed by atoms with E-state index in [0.29, 0.717) is 18.9 Å². The molecule has 0 amide bonds. The molecule has 1 aromatic carbocycles. The van der Waals surface area contributed by atoms with Gasteiger partial charge in [0.25, 0.3) is 0 Å². The Morgan fingerprint density at radius 1 is 1.05 bits per heavy atom. The summed E-state index contributed by atoms with van der Waals surface area (Å²) in [7, 11) is 0. The smallest absolute Gasteiger partial charge is 0.225 e. The third-order valence-electron chi connectivity index (χ3n) is 3.56. The Kier molecular flexibility index (Phi) is 3.46. The zero-order valence-corrected chi connectivity index (χ0v) is 11.5. The highest BCUT2D eigenvalue weighted by Crippen LogP contribution is 2.20. The van der Waals surface area contributed by atoms with Crippen LogP contribution in [0.5, 0.6) is 0 Å². The molecule has 2 heterocycles. The number of benzene rings is 1. The van der Waals surface area contributed by atoms with Crippen LogP contribution in [0.2, 0.25) is 0 Å². The SMILES string of the molecule is Cc1ccc(-c2cnc(N3CCCC(=O)C3)nc2)cc1. The number of hydrogen-bond donors (Lipinski definition) is 0. The molecular formula is C16H17N3O. The number of anilines is 1. The van der Waals surface area contributed by atoms with E-state index in [4.69, 9.17) is 0 Å². The fraction of sp³-hybridized carbons (Fsp3) is 0.312. The molecule has 0 aliphatic carbocycles. The molecule has 0 spiro atoms. The van der Waals surface area contributed by atoms with E-state index < -0.39 is 0 Å². The first-order chi connectivity index (χ1) is 9.72. The van der Waals surface area contributed by atoms with Gasteiger partial charge in [-0.25, -0.2) is 9.97 Å². The molecule has 4 heteroatoms. The Morgan fingerprint density at radius 2 is 1.75 bits per heavy atom. The van der Waals surface area contributed by atoms with Crippen molar-refractivity contribution in [3.63, 3.8) is 0 Å². The fourth-order valence-corrected chi connectivity index (χ4v) is 2.39. The second-order valence-electron chi connectivity index (χ2n) is 5.20. The lowest BCUT2D eigenvalue weighted by Gasteiger charge is -2.25. The first-order valence-corrected chi connectivity index (χ1v) is 6.88. The third-order valence-corrected chi connectivity index (χ3v) is 3.56. The molecule has 0 saturated carbocycles. The Bertz CT molecular complexity index is 605. The van der Waals surface area contributed by atoms with E-state index in [1.807, 2.05) is 17.3 Å². The maximum Gasteiger partial charge on any atom is 0.225 e. The maximum atomic E-state index is 11.5. The highest BCUT2D eigenvalue weighted by Gasteiger charge is 2.18. The zero-order valence-electron chi connectivity index (χ0n) is 11.5. The summed E-state index contributed by atoms with van der Waals surface area (Å²) in [4.78, 5) is 22.2. The van der Waals surface area contributed by atoms with Crippen LogP contribution in [0.4, 0.5) is 5.95 Å². The summed E-state index contributed by atoms with van der Waals surface area (Å²) in [6.45, 7) is 3.36. The summed E-state index contributed by atoms with van der Waals surface area (Å²) < 4.78 is 0. The Balaban J connectivity index is 1.80. The monoisotopic (exact) mass is 267 g/mol. The third kappa shape index (κ3) is 2.69. The minimum Gasteiger partial charge on any atom is -0.333 e. The van der Waals surface area contributed by atoms with Crippen LogP contribution in [0.1, 0.15) is 18.4 Å². The summed E-state index contributed by atoms with van der Waals surface area (Å²) in [5.74, 6) is 0.913. The number of carbonyl (C=O) groups is 1. The van der Waals surface area contributed by atoms with Crippen LogP contribution in [-0.2, 0) is 4.79 Å². The molecule has 20 heavy (non-hydrogen) atoms. The summed E-state index contributed by atoms with van der Waals surface area (Å²) in [6, 6.07) is 8.29. The van der Waals surface area contributed by atoms with Crippen LogP contribution >= 0.6 is 0 Å². The standard InChI is InChI=1S/C16H17N3O/c1-12-4-6-13(7-5-12)14-9-17-16(18-10-14)19-8-2-3-15(20)11-19/h4-7,9-10H,2-3,8,11H2,1H3. The van der Waals surface area contributed by atoms with Gasteiger partial charge in [-0.1, -0.05) is 29.8 Å². The molecule has 0 atom stereocenters. The van der Waals surface area contributed by atoms with Gasteiger partial charge in [-0.05, 0) is 18.9 Å². The van der Waals surface area contributed by atoms with Crippen molar-refractivity contribution in [2.75, 3.05) is 18.0 Å². The summed E-state index contributed by atoms with van der Waals surface area (Å²) >= 11 is 0. The van der Waals surface area contributed by atoms with E-state index in [2.05, 4.69) is 41.2 Å². The van der Waals surface area contributed by atoms with Crippen molar-refractivity contribution in [2.45, 2.75) is 19.8 Å². The van der Waals surface area contributed by atoms with Crippen LogP contribution in [0, 0.1) is 6.92 Å². The van der Waals surface area contributed by atoms with Crippen LogP contribution < -0.4 is 4.90 Å². The molecule has 102 valence electrons. The molecule has 1 aliphatic rings. The van der Waals surface area contributed by atoms with Crippen molar-refractivity contribution in [3.8, 4) is 11.1 Å². The van der Waals surface area contributed by atoms with Gasteiger partial charge in [0.15, 0.2) is 5.78 Å². The van der Waals surface area contributed by atoms with Crippen molar-refractivity contribution in [1.82, 2.24) is 9.97 Å². The maximum absolute atomic E-state index is 11.5. The number of aryl methyl sites for hydroxylation is 1. The number of rotatable bonds is 2. The highest BCUT2D eigenvalue weighted by atomic mass is 16.1. The van der Waals surface area contributed by atoms with Gasteiger partial charge in [0, 0.05) is 30.9 Å². The lowest BCUT2D eigenvalue weighted by Crippen LogP contribution is -2.36. The normalized spacial score (nSPS) is 15.4. The van der Waals surface area contributed by atoms with Gasteiger partial charge in [-0.2, -0.15) is 0 Å². The number of aromatic nitrogens is 2. The molecule has 2 aromatic rings. The average molecular weight is 267 g/mol. The number of ketones is 1. The van der Waals surface area contributed by atoms with Crippen LogP contribution in [0.3, 0.4) is 0 Å². The molecule has 3 rings (SSSR count). The molecule has 1 saturated heterocycles. The second kappa shape index (κ2) is 5.41. The Hall–Kier alpha value is -2.23. The van der Waals surface area contributed by atoms with E-state index in [1.165, 1.54) is 5.56 Å². The molecular weight excluding hydrogens is 250 g/mol. The number of carbonyl (C=O) groups excluding carboxylic acids is 1. The predicted molar refractivity (Wildman–Crippen MR) is 78.7 cm³/mol. The summed E-state index contributed by atoms with van der Waals surface area (Å²) in [6.07, 6.45) is 5.22. The van der Waals surface area contributed by atoms with E-state index >= 15 is 0 Å². The number of Topliss-reactive ketones (excluding diaryl/α,β-unsaturated/α-hetero) is 1. The van der Waals surface area contributed by atoms with E-state index in [0.717, 1.165) is 24.1 Å². The first-order valence-electron chi connectivity index (χ1n) is 6.88. The van der Waals surface area contributed by atoms with Gasteiger partial charge in [-0.3, -0.25) is 4.79 Å². The lowest BCUT2D eigenvalue weighted by atomic mass is 10.1. The van der Waals surface area contributed by atoms with Gasteiger partial charge in [0.1, 0.15) is 0 Å². The highest BCUT2D eigenvalue weighted by molar-refractivity contribution is 5.84. The van der Waals surface area contributed by atoms with Gasteiger partial charge < -0.3 is 4.90 Å². The molecule has 0 radical (unpaired) electrons. The second-order valence-corrected chi connectivity index (χ2v) is 5.20. The van der Waals surface area contributed by atoms with Crippen LogP contribution in [-0.4, -0.2) is 28.8 Å². The molecule has 4 nitrogen and oxygen atoms in total. The number of piperidine rings is 1. The van der Waals surface area contributed by atoms with Gasteiger partial charge in [0.2, 0.25) is 5.95 Å². The predicted octanol–water partition coefficient (Wildman–Crippen LogP) is 2.62. The van der Waals surface area contributed by atoms with Gasteiger partial charge in [-0.15, -0.1) is 0 Å². The average Bonchev–Trinajstić information content (AvgIpc) is 2.48. The van der Waals surface area contributed by atoms with Crippen molar-refractivity contribution in [3.05, 3.63) is 42.2 Å². The van der Waals surface area contributed by atoms with E-state index in [1.54, 1.807) is 0 Å². The van der Waals surface area contributed by atoms with Crippen LogP contribution in [0.15, 0.2) is 36.7 Å². The van der Waals surface area contributed by atoms with Crippen molar-refractivity contribution in [1.29, 1.82) is 0 Å². The number of hydrogen-bond acceptors (Lipinski definition) is 4. The van der Waals surface area contributed by atoms with E-state index in [-0.39, 0.29) is 5.78 Å². The van der Waals surface area contributed by atoms with Gasteiger partial charge in [0.05, 0.1) is 6.54 Å². The molecule has 0 N–H and O–H groups in total. The minimum atomic E-state index is 0.266. The Labute approximate surface area is 118 Å². The summed E-state index contributed by atoms with van der Waals surface area (Å²) in [5, 5.41) is 0. The lowest BCUT2D eigenvalue weighted by molar-refractivity contribution is -0.118. The minimum absolute atomic E-state index is 0.266. The fourth-order valence-electron chi connectivity index (χ4n) is 2.39. The van der Waals surface area contributed by atoms with Crippen LogP contribution in [0.25, 0.3) is 11.1 Å². The topological polar surface area (TPSA) is 46.1 Å². The first kappa shape index (κ1) is 12.8. The quantitative estimate of drug-likeness (QED) is 0.839. The number of nitrogens with zero attached hydrogens (tertiary/aromatic N) is 3. The summed E-state index contributed by atoms with van der Waals surface area (Å²) in [5.41, 5.74) is 3.34. The van der Waals surface area contributed by atoms with E-state index in [9.17, 15) is 4.79 Å². The largest absolute Gasteiger partial charge is 0.333 e. The molecule has 1 aliphatic heterocycles.